The third kappa shape index (κ3) is 3.13. The van der Waals surface area contributed by atoms with Crippen molar-refractivity contribution in [3.8, 4) is 11.5 Å². The number of ether oxygens (including phenoxy) is 2. The Morgan fingerprint density at radius 3 is 2.44 bits per heavy atom. The average molecular weight is 289 g/mol. The minimum atomic E-state index is -0.825. The van der Waals surface area contributed by atoms with Crippen molar-refractivity contribution >= 4 is 21.9 Å². The van der Waals surface area contributed by atoms with Crippen LogP contribution in [0.2, 0.25) is 0 Å². The molecule has 16 heavy (non-hydrogen) atoms. The van der Waals surface area contributed by atoms with Gasteiger partial charge in [0.25, 0.3) is 0 Å². The molecule has 0 atom stereocenters. The number of methoxy groups -OCH3 is 2. The fourth-order valence-electron chi connectivity index (χ4n) is 1.36. The molecule has 5 heteroatoms. The molecule has 0 fully saturated rings. The zero-order valence-corrected chi connectivity index (χ0v) is 10.7. The first-order valence-electron chi connectivity index (χ1n) is 4.70. The van der Waals surface area contributed by atoms with Gasteiger partial charge in [-0.05, 0) is 34.0 Å². The number of hydrogen-bond acceptors (Lipinski definition) is 3. The highest BCUT2D eigenvalue weighted by atomic mass is 79.9. The highest BCUT2D eigenvalue weighted by Crippen LogP contribution is 2.33. The molecule has 0 amide bonds. The summed E-state index contributed by atoms with van der Waals surface area (Å²) < 4.78 is 11.1. The number of aliphatic carboxylic acids is 1. The maximum atomic E-state index is 10.5. The molecule has 1 aromatic rings. The quantitative estimate of drug-likeness (QED) is 0.904. The Labute approximate surface area is 102 Å². The Kier molecular flexibility index (Phi) is 4.61. The molecule has 0 saturated carbocycles. The number of halogens is 1. The molecule has 0 aliphatic rings. The van der Waals surface area contributed by atoms with Gasteiger partial charge in [0, 0.05) is 12.5 Å². The van der Waals surface area contributed by atoms with Crippen LogP contribution in [0.4, 0.5) is 0 Å². The first kappa shape index (κ1) is 12.8. The molecule has 88 valence electrons. The van der Waals surface area contributed by atoms with Crippen LogP contribution in [0.25, 0.3) is 0 Å². The molecule has 1 N–H and O–H groups in total. The Balaban J connectivity index is 2.98. The van der Waals surface area contributed by atoms with Crippen molar-refractivity contribution in [2.75, 3.05) is 14.2 Å². The maximum Gasteiger partial charge on any atom is 0.303 e. The zero-order chi connectivity index (χ0) is 12.1. The molecule has 4 nitrogen and oxygen atoms in total. The Morgan fingerprint density at radius 1 is 1.31 bits per heavy atom. The van der Waals surface area contributed by atoms with Crippen molar-refractivity contribution < 1.29 is 19.4 Å². The number of carboxylic acids is 1. The molecule has 0 aromatic heterocycles. The lowest BCUT2D eigenvalue weighted by atomic mass is 10.1. The van der Waals surface area contributed by atoms with Gasteiger partial charge >= 0.3 is 5.97 Å². The van der Waals surface area contributed by atoms with E-state index < -0.39 is 5.97 Å². The van der Waals surface area contributed by atoms with Gasteiger partial charge in [-0.2, -0.15) is 0 Å². The number of benzene rings is 1. The van der Waals surface area contributed by atoms with E-state index in [4.69, 9.17) is 14.6 Å². The second kappa shape index (κ2) is 5.75. The summed E-state index contributed by atoms with van der Waals surface area (Å²) >= 11 is 3.35. The summed E-state index contributed by atoms with van der Waals surface area (Å²) in [5.41, 5.74) is 0.845. The third-order valence-electron chi connectivity index (χ3n) is 2.16. The van der Waals surface area contributed by atoms with Crippen molar-refractivity contribution in [3.63, 3.8) is 0 Å². The highest BCUT2D eigenvalue weighted by molar-refractivity contribution is 9.10. The molecular weight excluding hydrogens is 276 g/mol. The summed E-state index contributed by atoms with van der Waals surface area (Å²) in [5, 5.41) is 8.63. The number of hydrogen-bond donors (Lipinski definition) is 1. The average Bonchev–Trinajstić information content (AvgIpc) is 2.26. The maximum absolute atomic E-state index is 10.5. The molecule has 0 aliphatic heterocycles. The van der Waals surface area contributed by atoms with Gasteiger partial charge in [0.05, 0.1) is 18.7 Å². The van der Waals surface area contributed by atoms with Crippen molar-refractivity contribution in [2.24, 2.45) is 0 Å². The number of carbonyl (C=O) groups is 1. The van der Waals surface area contributed by atoms with Crippen LogP contribution in [0.15, 0.2) is 16.6 Å². The molecule has 0 aliphatic carbocycles. The SMILES string of the molecule is COc1cc(OC)c(CCC(=O)O)cc1Br. The van der Waals surface area contributed by atoms with Crippen LogP contribution in [-0.4, -0.2) is 25.3 Å². The molecule has 0 saturated heterocycles. The van der Waals surface area contributed by atoms with E-state index in [1.807, 2.05) is 6.07 Å². The van der Waals surface area contributed by atoms with E-state index in [0.29, 0.717) is 17.9 Å². The molecule has 0 unspecified atom stereocenters. The Morgan fingerprint density at radius 2 is 1.94 bits per heavy atom. The fraction of sp³-hybridized carbons (Fsp3) is 0.364. The van der Waals surface area contributed by atoms with Crippen molar-refractivity contribution in [1.82, 2.24) is 0 Å². The van der Waals surface area contributed by atoms with E-state index in [0.717, 1.165) is 10.0 Å². The van der Waals surface area contributed by atoms with Crippen LogP contribution in [-0.2, 0) is 11.2 Å². The van der Waals surface area contributed by atoms with Crippen LogP contribution in [0.5, 0.6) is 11.5 Å². The molecule has 0 spiro atoms. The summed E-state index contributed by atoms with van der Waals surface area (Å²) in [6.45, 7) is 0. The monoisotopic (exact) mass is 288 g/mol. The fourth-order valence-corrected chi connectivity index (χ4v) is 1.91. The smallest absolute Gasteiger partial charge is 0.303 e. The minimum absolute atomic E-state index is 0.0785. The largest absolute Gasteiger partial charge is 0.496 e. The van der Waals surface area contributed by atoms with Gasteiger partial charge in [0.1, 0.15) is 11.5 Å². The predicted octanol–water partition coefficient (Wildman–Crippen LogP) is 2.48. The Hall–Kier alpha value is -1.23. The van der Waals surface area contributed by atoms with Gasteiger partial charge in [-0.3, -0.25) is 4.79 Å². The first-order valence-corrected chi connectivity index (χ1v) is 5.50. The predicted molar refractivity (Wildman–Crippen MR) is 63.2 cm³/mol. The van der Waals surface area contributed by atoms with Crippen molar-refractivity contribution in [3.05, 3.63) is 22.2 Å². The van der Waals surface area contributed by atoms with Crippen LogP contribution >= 0.6 is 15.9 Å². The van der Waals surface area contributed by atoms with E-state index in [9.17, 15) is 4.79 Å². The number of rotatable bonds is 5. The topological polar surface area (TPSA) is 55.8 Å². The van der Waals surface area contributed by atoms with Gasteiger partial charge in [-0.1, -0.05) is 0 Å². The van der Waals surface area contributed by atoms with Gasteiger partial charge in [0.2, 0.25) is 0 Å². The molecule has 1 aromatic carbocycles. The Bertz CT molecular complexity index is 390. The zero-order valence-electron chi connectivity index (χ0n) is 9.12. The summed E-state index contributed by atoms with van der Waals surface area (Å²) in [4.78, 5) is 10.5. The third-order valence-corrected chi connectivity index (χ3v) is 2.78. The van der Waals surface area contributed by atoms with Crippen LogP contribution in [0.1, 0.15) is 12.0 Å². The van der Waals surface area contributed by atoms with Crippen LogP contribution in [0.3, 0.4) is 0 Å². The molecule has 0 radical (unpaired) electrons. The molecule has 0 bridgehead atoms. The van der Waals surface area contributed by atoms with Crippen LogP contribution in [0, 0.1) is 0 Å². The van der Waals surface area contributed by atoms with E-state index in [1.54, 1.807) is 20.3 Å². The second-order valence-electron chi connectivity index (χ2n) is 3.19. The summed E-state index contributed by atoms with van der Waals surface area (Å²) in [6.07, 6.45) is 0.510. The highest BCUT2D eigenvalue weighted by Gasteiger charge is 2.10. The van der Waals surface area contributed by atoms with E-state index in [1.165, 1.54) is 0 Å². The van der Waals surface area contributed by atoms with Gasteiger partial charge < -0.3 is 14.6 Å². The van der Waals surface area contributed by atoms with Crippen molar-refractivity contribution in [2.45, 2.75) is 12.8 Å². The van der Waals surface area contributed by atoms with E-state index in [2.05, 4.69) is 15.9 Å². The van der Waals surface area contributed by atoms with E-state index in [-0.39, 0.29) is 6.42 Å². The minimum Gasteiger partial charge on any atom is -0.496 e. The second-order valence-corrected chi connectivity index (χ2v) is 4.05. The molecule has 0 heterocycles. The van der Waals surface area contributed by atoms with Crippen molar-refractivity contribution in [1.29, 1.82) is 0 Å². The number of carboxylic acid groups (broad SMARTS) is 1. The van der Waals surface area contributed by atoms with Gasteiger partial charge in [-0.25, -0.2) is 0 Å². The normalized spacial score (nSPS) is 9.94. The van der Waals surface area contributed by atoms with E-state index >= 15 is 0 Å². The van der Waals surface area contributed by atoms with Crippen LogP contribution < -0.4 is 9.47 Å². The summed E-state index contributed by atoms with van der Waals surface area (Å²) in [6, 6.07) is 3.56. The first-order chi connectivity index (χ1) is 7.58. The lowest BCUT2D eigenvalue weighted by Gasteiger charge is -2.11. The number of aryl methyl sites for hydroxylation is 1. The summed E-state index contributed by atoms with van der Waals surface area (Å²) in [5.74, 6) is 0.478. The van der Waals surface area contributed by atoms with Gasteiger partial charge in [0.15, 0.2) is 0 Å². The summed E-state index contributed by atoms with van der Waals surface area (Å²) in [7, 11) is 3.11. The lowest BCUT2D eigenvalue weighted by molar-refractivity contribution is -0.136. The molecule has 1 rings (SSSR count). The lowest BCUT2D eigenvalue weighted by Crippen LogP contribution is -2.00. The standard InChI is InChI=1S/C11H13BrO4/c1-15-9-6-10(16-2)8(12)5-7(9)3-4-11(13)14/h5-6H,3-4H2,1-2H3,(H,13,14). The molecular formula is C11H13BrO4. The van der Waals surface area contributed by atoms with Gasteiger partial charge in [-0.15, -0.1) is 0 Å².